The fourth-order valence-corrected chi connectivity index (χ4v) is 5.30. The summed E-state index contributed by atoms with van der Waals surface area (Å²) >= 11 is 7.31. The van der Waals surface area contributed by atoms with E-state index in [1.165, 1.54) is 31.5 Å². The Kier molecular flexibility index (Phi) is 6.42. The number of nitrogens with one attached hydrogen (secondary N) is 1. The molecular formula is C21H17ClN4O5S2. The molecular weight excluding hydrogens is 488 g/mol. The number of hydrogen-bond donors (Lipinski definition) is 1. The zero-order valence-corrected chi connectivity index (χ0v) is 19.6. The molecule has 2 aromatic carbocycles. The number of aromatic nitrogens is 1. The number of hydrogen-bond acceptors (Lipinski definition) is 8. The van der Waals surface area contributed by atoms with Crippen LogP contribution in [-0.4, -0.2) is 44.6 Å². The smallest absolute Gasteiger partial charge is 0.409 e. The molecule has 0 spiro atoms. The summed E-state index contributed by atoms with van der Waals surface area (Å²) in [6.07, 6.45) is 1.07. The highest BCUT2D eigenvalue weighted by Crippen LogP contribution is 2.38. The van der Waals surface area contributed by atoms with Gasteiger partial charge in [-0.3, -0.25) is 4.72 Å². The average Bonchev–Trinajstić information content (AvgIpc) is 3.26. The quantitative estimate of drug-likeness (QED) is 0.527. The summed E-state index contributed by atoms with van der Waals surface area (Å²) in [4.78, 5) is 17.0. The number of ether oxygens (including phenoxy) is 2. The summed E-state index contributed by atoms with van der Waals surface area (Å²) in [5.74, 6) is 0.630. The number of amides is 1. The highest BCUT2D eigenvalue weighted by molar-refractivity contribution is 7.93. The summed E-state index contributed by atoms with van der Waals surface area (Å²) in [7, 11) is -2.60. The van der Waals surface area contributed by atoms with Crippen LogP contribution >= 0.6 is 22.9 Å². The van der Waals surface area contributed by atoms with E-state index in [2.05, 4.69) is 9.71 Å². The minimum absolute atomic E-state index is 0.0227. The largest absolute Gasteiger partial charge is 0.456 e. The highest BCUT2D eigenvalue weighted by atomic mass is 35.5. The van der Waals surface area contributed by atoms with Gasteiger partial charge in [0.15, 0.2) is 5.13 Å². The van der Waals surface area contributed by atoms with Gasteiger partial charge in [0.05, 0.1) is 17.6 Å². The predicted molar refractivity (Wildman–Crippen MR) is 122 cm³/mol. The molecule has 1 aliphatic rings. The van der Waals surface area contributed by atoms with Crippen molar-refractivity contribution < 1.29 is 22.7 Å². The molecule has 2 heterocycles. The van der Waals surface area contributed by atoms with Gasteiger partial charge < -0.3 is 14.4 Å². The SMILES string of the molecule is COC(=O)N1CC(c2cc(Cl)ccc2Oc2ccc(S(=O)(=O)Nc3nccs3)cc2C#N)C1. The summed E-state index contributed by atoms with van der Waals surface area (Å²) in [6, 6.07) is 11.1. The summed E-state index contributed by atoms with van der Waals surface area (Å²) in [5, 5.41) is 12.0. The third-order valence-electron chi connectivity index (χ3n) is 4.98. The molecule has 1 saturated heterocycles. The standard InChI is InChI=1S/C21H17ClN4O5S2/c1-30-21(27)26-11-14(12-26)17-9-15(22)2-4-19(17)31-18-5-3-16(8-13(18)10-23)33(28,29)25-20-24-6-7-32-20/h2-9,14H,11-12H2,1H3,(H,24,25). The van der Waals surface area contributed by atoms with Crippen LogP contribution in [0.15, 0.2) is 52.9 Å². The average molecular weight is 505 g/mol. The zero-order valence-electron chi connectivity index (χ0n) is 17.2. The second-order valence-electron chi connectivity index (χ2n) is 7.07. The maximum atomic E-state index is 12.6. The van der Waals surface area contributed by atoms with Crippen LogP contribution < -0.4 is 9.46 Å². The Morgan fingerprint density at radius 1 is 1.27 bits per heavy atom. The van der Waals surface area contributed by atoms with E-state index in [0.717, 1.165) is 16.9 Å². The maximum absolute atomic E-state index is 12.6. The van der Waals surface area contributed by atoms with E-state index in [-0.39, 0.29) is 27.3 Å². The molecule has 12 heteroatoms. The Bertz CT molecular complexity index is 1330. The molecule has 0 unspecified atom stereocenters. The van der Waals surface area contributed by atoms with Gasteiger partial charge in [-0.15, -0.1) is 11.3 Å². The molecule has 0 radical (unpaired) electrons. The number of nitriles is 1. The van der Waals surface area contributed by atoms with E-state index in [4.69, 9.17) is 21.1 Å². The van der Waals surface area contributed by atoms with Crippen LogP contribution in [0.5, 0.6) is 11.5 Å². The number of carbonyl (C=O) groups excluding carboxylic acids is 1. The normalized spacial score (nSPS) is 13.7. The lowest BCUT2D eigenvalue weighted by Gasteiger charge is -2.38. The first kappa shape index (κ1) is 22.8. The lowest BCUT2D eigenvalue weighted by Crippen LogP contribution is -2.48. The minimum Gasteiger partial charge on any atom is -0.456 e. The van der Waals surface area contributed by atoms with Crippen LogP contribution in [0.25, 0.3) is 0 Å². The van der Waals surface area contributed by atoms with Gasteiger partial charge in [0.25, 0.3) is 10.0 Å². The van der Waals surface area contributed by atoms with Crippen LogP contribution in [0.3, 0.4) is 0 Å². The predicted octanol–water partition coefficient (Wildman–Crippen LogP) is 4.43. The molecule has 1 amide bonds. The lowest BCUT2D eigenvalue weighted by atomic mass is 9.91. The number of anilines is 1. The van der Waals surface area contributed by atoms with Gasteiger partial charge >= 0.3 is 6.09 Å². The van der Waals surface area contributed by atoms with Gasteiger partial charge in [0.1, 0.15) is 17.6 Å². The van der Waals surface area contributed by atoms with Crippen molar-refractivity contribution in [1.82, 2.24) is 9.88 Å². The molecule has 9 nitrogen and oxygen atoms in total. The van der Waals surface area contributed by atoms with Crippen molar-refractivity contribution in [3.05, 3.63) is 64.1 Å². The second kappa shape index (κ2) is 9.27. The van der Waals surface area contributed by atoms with E-state index in [0.29, 0.717) is 23.9 Å². The Hall–Kier alpha value is -3.33. The molecule has 33 heavy (non-hydrogen) atoms. The number of likely N-dealkylation sites (tertiary alicyclic amines) is 1. The number of halogens is 1. The van der Waals surface area contributed by atoms with Crippen LogP contribution in [0.1, 0.15) is 17.0 Å². The monoisotopic (exact) mass is 504 g/mol. The first-order valence-electron chi connectivity index (χ1n) is 9.57. The number of thiazole rings is 1. The van der Waals surface area contributed by atoms with Gasteiger partial charge in [0, 0.05) is 41.2 Å². The zero-order chi connectivity index (χ0) is 23.6. The number of sulfonamides is 1. The van der Waals surface area contributed by atoms with Crippen molar-refractivity contribution >= 4 is 44.2 Å². The molecule has 170 valence electrons. The van der Waals surface area contributed by atoms with E-state index >= 15 is 0 Å². The van der Waals surface area contributed by atoms with Crippen molar-refractivity contribution in [1.29, 1.82) is 5.26 Å². The molecule has 1 N–H and O–H groups in total. The number of methoxy groups -OCH3 is 1. The van der Waals surface area contributed by atoms with Crippen molar-refractivity contribution in [3.8, 4) is 17.6 Å². The van der Waals surface area contributed by atoms with Gasteiger partial charge in [0.2, 0.25) is 0 Å². The van der Waals surface area contributed by atoms with Crippen molar-refractivity contribution in [2.45, 2.75) is 10.8 Å². The van der Waals surface area contributed by atoms with E-state index in [1.54, 1.807) is 28.5 Å². The van der Waals surface area contributed by atoms with Crippen molar-refractivity contribution in [3.63, 3.8) is 0 Å². The topological polar surface area (TPSA) is 122 Å². The van der Waals surface area contributed by atoms with Gasteiger partial charge in [-0.05, 0) is 36.4 Å². The number of carbonyl (C=O) groups is 1. The third-order valence-corrected chi connectivity index (χ3v) is 7.37. The molecule has 1 aliphatic heterocycles. The third kappa shape index (κ3) is 4.88. The molecule has 4 rings (SSSR count). The Morgan fingerprint density at radius 3 is 2.70 bits per heavy atom. The first-order chi connectivity index (χ1) is 15.8. The van der Waals surface area contributed by atoms with Crippen LogP contribution in [-0.2, 0) is 14.8 Å². The van der Waals surface area contributed by atoms with Crippen LogP contribution in [0, 0.1) is 11.3 Å². The van der Waals surface area contributed by atoms with Crippen molar-refractivity contribution in [2.24, 2.45) is 0 Å². The number of rotatable bonds is 6. The van der Waals surface area contributed by atoms with E-state index in [1.807, 2.05) is 6.07 Å². The molecule has 3 aromatic rings. The number of benzene rings is 2. The number of nitrogens with zero attached hydrogens (tertiary/aromatic N) is 3. The fourth-order valence-electron chi connectivity index (χ4n) is 3.30. The summed E-state index contributed by atoms with van der Waals surface area (Å²) in [6.45, 7) is 0.877. The molecule has 1 fully saturated rings. The Morgan fingerprint density at radius 2 is 2.03 bits per heavy atom. The lowest BCUT2D eigenvalue weighted by molar-refractivity contribution is 0.0876. The molecule has 0 saturated carbocycles. The Labute approximate surface area is 199 Å². The Balaban J connectivity index is 1.59. The van der Waals surface area contributed by atoms with Gasteiger partial charge in [-0.25, -0.2) is 18.2 Å². The van der Waals surface area contributed by atoms with Gasteiger partial charge in [-0.2, -0.15) is 5.26 Å². The highest BCUT2D eigenvalue weighted by Gasteiger charge is 2.34. The molecule has 1 aromatic heterocycles. The van der Waals surface area contributed by atoms with E-state index in [9.17, 15) is 18.5 Å². The van der Waals surface area contributed by atoms with Crippen LogP contribution in [0.4, 0.5) is 9.93 Å². The van der Waals surface area contributed by atoms with Crippen LogP contribution in [0.2, 0.25) is 5.02 Å². The first-order valence-corrected chi connectivity index (χ1v) is 12.3. The molecule has 0 bridgehead atoms. The fraction of sp³-hybridized carbons (Fsp3) is 0.190. The molecule has 0 atom stereocenters. The molecule has 0 aliphatic carbocycles. The maximum Gasteiger partial charge on any atom is 0.409 e. The summed E-state index contributed by atoms with van der Waals surface area (Å²) < 4.78 is 38.3. The summed E-state index contributed by atoms with van der Waals surface area (Å²) in [5.41, 5.74) is 0.816. The van der Waals surface area contributed by atoms with Gasteiger partial charge in [-0.1, -0.05) is 11.6 Å². The minimum atomic E-state index is -3.92. The van der Waals surface area contributed by atoms with E-state index < -0.39 is 16.1 Å². The van der Waals surface area contributed by atoms with Crippen molar-refractivity contribution in [2.75, 3.05) is 24.9 Å². The second-order valence-corrected chi connectivity index (χ2v) is 10.1.